The van der Waals surface area contributed by atoms with Gasteiger partial charge in [0.1, 0.15) is 11.4 Å². The Bertz CT molecular complexity index is 538. The number of hydrogen-bond donors (Lipinski definition) is 2. The normalized spacial score (nSPS) is 25.3. The number of amides is 1. The first-order valence-corrected chi connectivity index (χ1v) is 7.31. The molecule has 1 amide bonds. The van der Waals surface area contributed by atoms with Crippen LogP contribution in [0.15, 0.2) is 18.2 Å². The molecule has 3 N–H and O–H groups in total. The lowest BCUT2D eigenvalue weighted by atomic mass is 9.99. The predicted molar refractivity (Wildman–Crippen MR) is 78.8 cm³/mol. The summed E-state index contributed by atoms with van der Waals surface area (Å²) >= 11 is 0. The van der Waals surface area contributed by atoms with Crippen LogP contribution in [0.5, 0.6) is 0 Å². The number of nitrogens with zero attached hydrogens (tertiary/aromatic N) is 1. The van der Waals surface area contributed by atoms with Crippen LogP contribution < -0.4 is 16.0 Å². The smallest absolute Gasteiger partial charge is 0.246 e. The summed E-state index contributed by atoms with van der Waals surface area (Å²) in [5.74, 6) is -0.642. The van der Waals surface area contributed by atoms with E-state index < -0.39 is 5.54 Å². The standard InChI is InChI=1S/C15H20FN3O2/c16-12-9-11(3-4-13(12)19-6-1-2-7-19)18-14(20)15(17)5-8-21-10-15/h3-4,9H,1-2,5-8,10,17H2,(H,18,20). The van der Waals surface area contributed by atoms with Gasteiger partial charge < -0.3 is 20.7 Å². The van der Waals surface area contributed by atoms with Crippen molar-refractivity contribution in [1.82, 2.24) is 0 Å². The molecule has 1 aromatic rings. The molecule has 114 valence electrons. The molecule has 0 radical (unpaired) electrons. The third kappa shape index (κ3) is 2.87. The monoisotopic (exact) mass is 293 g/mol. The number of halogens is 1. The number of nitrogens with one attached hydrogen (secondary N) is 1. The van der Waals surface area contributed by atoms with Crippen LogP contribution in [0.1, 0.15) is 19.3 Å². The summed E-state index contributed by atoms with van der Waals surface area (Å²) in [6.45, 7) is 2.44. The van der Waals surface area contributed by atoms with Crippen LogP contribution in [-0.2, 0) is 9.53 Å². The van der Waals surface area contributed by atoms with Crippen LogP contribution >= 0.6 is 0 Å². The molecular formula is C15H20FN3O2. The maximum atomic E-state index is 14.2. The largest absolute Gasteiger partial charge is 0.379 e. The van der Waals surface area contributed by atoms with Gasteiger partial charge in [-0.25, -0.2) is 4.39 Å². The van der Waals surface area contributed by atoms with Crippen molar-refractivity contribution < 1.29 is 13.9 Å². The SMILES string of the molecule is NC1(C(=O)Nc2ccc(N3CCCC3)c(F)c2)CCOC1. The van der Waals surface area contributed by atoms with Crippen molar-refractivity contribution >= 4 is 17.3 Å². The lowest BCUT2D eigenvalue weighted by molar-refractivity contribution is -0.121. The molecule has 2 saturated heterocycles. The molecule has 6 heteroatoms. The highest BCUT2D eigenvalue weighted by molar-refractivity contribution is 5.98. The molecule has 2 fully saturated rings. The molecule has 3 rings (SSSR count). The molecule has 2 aliphatic rings. The number of anilines is 2. The number of nitrogens with two attached hydrogens (primary N) is 1. The van der Waals surface area contributed by atoms with Gasteiger partial charge in [0.2, 0.25) is 5.91 Å². The molecule has 21 heavy (non-hydrogen) atoms. The Labute approximate surface area is 123 Å². The minimum absolute atomic E-state index is 0.202. The molecule has 0 aromatic heterocycles. The topological polar surface area (TPSA) is 67.6 Å². The fourth-order valence-electron chi connectivity index (χ4n) is 2.81. The maximum absolute atomic E-state index is 14.2. The third-order valence-electron chi connectivity index (χ3n) is 4.16. The molecule has 0 bridgehead atoms. The number of benzene rings is 1. The van der Waals surface area contributed by atoms with E-state index in [2.05, 4.69) is 5.32 Å². The minimum atomic E-state index is -1.01. The summed E-state index contributed by atoms with van der Waals surface area (Å²) in [6.07, 6.45) is 2.66. The van der Waals surface area contributed by atoms with Crippen molar-refractivity contribution in [2.45, 2.75) is 24.8 Å². The van der Waals surface area contributed by atoms with E-state index in [0.29, 0.717) is 24.4 Å². The summed E-state index contributed by atoms with van der Waals surface area (Å²) in [5.41, 5.74) is 5.99. The van der Waals surface area contributed by atoms with E-state index in [0.717, 1.165) is 25.9 Å². The maximum Gasteiger partial charge on any atom is 0.246 e. The number of carbonyl (C=O) groups is 1. The molecule has 2 aliphatic heterocycles. The van der Waals surface area contributed by atoms with Crippen molar-refractivity contribution in [2.75, 3.05) is 36.5 Å². The lowest BCUT2D eigenvalue weighted by Crippen LogP contribution is -2.51. The van der Waals surface area contributed by atoms with Crippen LogP contribution in [-0.4, -0.2) is 37.7 Å². The van der Waals surface area contributed by atoms with Crippen molar-refractivity contribution in [3.8, 4) is 0 Å². The first-order valence-electron chi connectivity index (χ1n) is 7.31. The first-order chi connectivity index (χ1) is 10.1. The second-order valence-corrected chi connectivity index (χ2v) is 5.77. The third-order valence-corrected chi connectivity index (χ3v) is 4.16. The summed E-state index contributed by atoms with van der Waals surface area (Å²) in [7, 11) is 0. The molecule has 1 unspecified atom stereocenters. The van der Waals surface area contributed by atoms with E-state index in [1.165, 1.54) is 6.07 Å². The molecule has 5 nitrogen and oxygen atoms in total. The van der Waals surface area contributed by atoms with E-state index in [4.69, 9.17) is 10.5 Å². The zero-order valence-electron chi connectivity index (χ0n) is 11.9. The van der Waals surface area contributed by atoms with Gasteiger partial charge in [-0.2, -0.15) is 0 Å². The Morgan fingerprint density at radius 1 is 1.38 bits per heavy atom. The summed E-state index contributed by atoms with van der Waals surface area (Å²) in [4.78, 5) is 14.2. The molecular weight excluding hydrogens is 273 g/mol. The number of hydrogen-bond acceptors (Lipinski definition) is 4. The van der Waals surface area contributed by atoms with Crippen LogP contribution in [0.25, 0.3) is 0 Å². The van der Waals surface area contributed by atoms with Gasteiger partial charge in [-0.1, -0.05) is 0 Å². The molecule has 2 heterocycles. The summed E-state index contributed by atoms with van der Waals surface area (Å²) in [6, 6.07) is 4.78. The zero-order chi connectivity index (χ0) is 14.9. The Balaban J connectivity index is 1.71. The second-order valence-electron chi connectivity index (χ2n) is 5.77. The average molecular weight is 293 g/mol. The quantitative estimate of drug-likeness (QED) is 0.886. The number of ether oxygens (including phenoxy) is 1. The van der Waals surface area contributed by atoms with Crippen LogP contribution in [0.3, 0.4) is 0 Å². The van der Waals surface area contributed by atoms with Gasteiger partial charge in [0, 0.05) is 25.4 Å². The highest BCUT2D eigenvalue weighted by Gasteiger charge is 2.38. The van der Waals surface area contributed by atoms with Gasteiger partial charge in [-0.3, -0.25) is 4.79 Å². The Morgan fingerprint density at radius 2 is 2.14 bits per heavy atom. The molecule has 1 aromatic carbocycles. The van der Waals surface area contributed by atoms with Crippen molar-refractivity contribution in [3.05, 3.63) is 24.0 Å². The van der Waals surface area contributed by atoms with E-state index in [9.17, 15) is 9.18 Å². The van der Waals surface area contributed by atoms with E-state index >= 15 is 0 Å². The summed E-state index contributed by atoms with van der Waals surface area (Å²) < 4.78 is 19.3. The van der Waals surface area contributed by atoms with Gasteiger partial charge in [0.15, 0.2) is 0 Å². The van der Waals surface area contributed by atoms with Crippen molar-refractivity contribution in [2.24, 2.45) is 5.73 Å². The fourth-order valence-corrected chi connectivity index (χ4v) is 2.81. The average Bonchev–Trinajstić information content (AvgIpc) is 3.11. The van der Waals surface area contributed by atoms with Crippen LogP contribution in [0, 0.1) is 5.82 Å². The number of rotatable bonds is 3. The molecule has 0 saturated carbocycles. The van der Waals surface area contributed by atoms with Crippen molar-refractivity contribution in [1.29, 1.82) is 0 Å². The lowest BCUT2D eigenvalue weighted by Gasteiger charge is -2.22. The van der Waals surface area contributed by atoms with Gasteiger partial charge >= 0.3 is 0 Å². The highest BCUT2D eigenvalue weighted by Crippen LogP contribution is 2.26. The van der Waals surface area contributed by atoms with E-state index in [1.807, 2.05) is 4.90 Å². The Morgan fingerprint density at radius 3 is 2.76 bits per heavy atom. The molecule has 0 aliphatic carbocycles. The Hall–Kier alpha value is -1.66. The minimum Gasteiger partial charge on any atom is -0.379 e. The highest BCUT2D eigenvalue weighted by atomic mass is 19.1. The Kier molecular flexibility index (Phi) is 3.82. The molecule has 1 atom stereocenters. The van der Waals surface area contributed by atoms with Crippen molar-refractivity contribution in [3.63, 3.8) is 0 Å². The van der Waals surface area contributed by atoms with Gasteiger partial charge in [0.05, 0.1) is 12.3 Å². The van der Waals surface area contributed by atoms with Gasteiger partial charge in [-0.05, 0) is 37.5 Å². The van der Waals surface area contributed by atoms with Gasteiger partial charge in [0.25, 0.3) is 0 Å². The zero-order valence-corrected chi connectivity index (χ0v) is 11.9. The predicted octanol–water partition coefficient (Wildman–Crippen LogP) is 1.48. The van der Waals surface area contributed by atoms with E-state index in [-0.39, 0.29) is 18.3 Å². The summed E-state index contributed by atoms with van der Waals surface area (Å²) in [5, 5.41) is 2.68. The van der Waals surface area contributed by atoms with Gasteiger partial charge in [-0.15, -0.1) is 0 Å². The van der Waals surface area contributed by atoms with Crippen LogP contribution in [0.4, 0.5) is 15.8 Å². The fraction of sp³-hybridized carbons (Fsp3) is 0.533. The molecule has 0 spiro atoms. The number of carbonyl (C=O) groups excluding carboxylic acids is 1. The van der Waals surface area contributed by atoms with E-state index in [1.54, 1.807) is 12.1 Å². The van der Waals surface area contributed by atoms with Crippen LogP contribution in [0.2, 0.25) is 0 Å². The second kappa shape index (κ2) is 5.61. The first kappa shape index (κ1) is 14.3.